The largest absolute Gasteiger partial charge is 0.354 e. The molecule has 2 fully saturated rings. The topological polar surface area (TPSA) is 39.7 Å². The summed E-state index contributed by atoms with van der Waals surface area (Å²) in [5.41, 5.74) is 0.596. The summed E-state index contributed by atoms with van der Waals surface area (Å²) < 4.78 is 0. The number of likely N-dealkylation sites (N-methyl/N-ethyl adjacent to an activating group) is 1. The van der Waals surface area contributed by atoms with E-state index in [1.165, 1.54) is 12.8 Å². The second-order valence-corrected chi connectivity index (χ2v) is 6.38. The molecule has 1 aromatic rings. The maximum atomic E-state index is 12.7. The molecule has 5 nitrogen and oxygen atoms in total. The number of pyridine rings is 1. The number of carbonyl (C=O) groups excluding carboxylic acids is 1. The summed E-state index contributed by atoms with van der Waals surface area (Å²) in [6.07, 6.45) is 4.70. The highest BCUT2D eigenvalue weighted by Gasteiger charge is 2.20. The van der Waals surface area contributed by atoms with Gasteiger partial charge in [-0.1, -0.05) is 18.9 Å². The standard InChI is InChI=1S/C17H26N4O/c1-19-11-13-20(14-12-19)16-8-6-7-15(18-16)17(22)21-9-4-2-3-5-10-21/h6-8H,2-5,9-14H2,1H3. The lowest BCUT2D eigenvalue weighted by Gasteiger charge is -2.33. The molecule has 1 amide bonds. The van der Waals surface area contributed by atoms with E-state index < -0.39 is 0 Å². The van der Waals surface area contributed by atoms with Crippen LogP contribution in [0.25, 0.3) is 0 Å². The zero-order valence-corrected chi connectivity index (χ0v) is 13.5. The van der Waals surface area contributed by atoms with Gasteiger partial charge in [-0.25, -0.2) is 4.98 Å². The van der Waals surface area contributed by atoms with Gasteiger partial charge in [0.25, 0.3) is 5.91 Å². The van der Waals surface area contributed by atoms with Gasteiger partial charge in [0, 0.05) is 39.3 Å². The van der Waals surface area contributed by atoms with Gasteiger partial charge in [0.1, 0.15) is 11.5 Å². The highest BCUT2D eigenvalue weighted by molar-refractivity contribution is 5.92. The van der Waals surface area contributed by atoms with E-state index >= 15 is 0 Å². The van der Waals surface area contributed by atoms with Crippen LogP contribution in [0, 0.1) is 0 Å². The third kappa shape index (κ3) is 3.58. The quantitative estimate of drug-likeness (QED) is 0.836. The molecule has 2 aliphatic rings. The van der Waals surface area contributed by atoms with Crippen molar-refractivity contribution < 1.29 is 4.79 Å². The molecule has 2 saturated heterocycles. The van der Waals surface area contributed by atoms with Gasteiger partial charge in [0.2, 0.25) is 0 Å². The Kier molecular flexibility index (Phi) is 4.93. The normalized spacial score (nSPS) is 20.8. The number of likely N-dealkylation sites (tertiary alicyclic amines) is 1. The summed E-state index contributed by atoms with van der Waals surface area (Å²) in [5.74, 6) is 1.03. The number of carbonyl (C=O) groups is 1. The van der Waals surface area contributed by atoms with Crippen molar-refractivity contribution in [2.24, 2.45) is 0 Å². The lowest BCUT2D eigenvalue weighted by Crippen LogP contribution is -2.45. The van der Waals surface area contributed by atoms with Gasteiger partial charge < -0.3 is 14.7 Å². The lowest BCUT2D eigenvalue weighted by molar-refractivity contribution is 0.0756. The van der Waals surface area contributed by atoms with E-state index in [9.17, 15) is 4.79 Å². The van der Waals surface area contributed by atoms with E-state index in [-0.39, 0.29) is 5.91 Å². The first-order chi connectivity index (χ1) is 10.7. The van der Waals surface area contributed by atoms with Crippen molar-refractivity contribution in [2.75, 3.05) is 51.2 Å². The van der Waals surface area contributed by atoms with Crippen LogP contribution in [0.5, 0.6) is 0 Å². The van der Waals surface area contributed by atoms with Gasteiger partial charge in [0.15, 0.2) is 0 Å². The molecular formula is C17H26N4O. The summed E-state index contributed by atoms with van der Waals surface area (Å²) in [6.45, 7) is 5.80. The van der Waals surface area contributed by atoms with Crippen LogP contribution in [-0.2, 0) is 0 Å². The molecule has 0 aromatic carbocycles. The minimum atomic E-state index is 0.0953. The first kappa shape index (κ1) is 15.3. The number of rotatable bonds is 2. The zero-order valence-electron chi connectivity index (χ0n) is 13.5. The predicted molar refractivity (Wildman–Crippen MR) is 88.3 cm³/mol. The zero-order chi connectivity index (χ0) is 15.4. The third-order valence-electron chi connectivity index (χ3n) is 4.67. The molecule has 0 atom stereocenters. The molecule has 3 rings (SSSR count). The maximum Gasteiger partial charge on any atom is 0.272 e. The molecule has 3 heterocycles. The monoisotopic (exact) mass is 302 g/mol. The molecule has 0 radical (unpaired) electrons. The van der Waals surface area contributed by atoms with Crippen molar-refractivity contribution in [3.8, 4) is 0 Å². The fraction of sp³-hybridized carbons (Fsp3) is 0.647. The molecule has 0 unspecified atom stereocenters. The van der Waals surface area contributed by atoms with Gasteiger partial charge >= 0.3 is 0 Å². The Morgan fingerprint density at radius 1 is 0.955 bits per heavy atom. The molecule has 22 heavy (non-hydrogen) atoms. The number of amides is 1. The minimum absolute atomic E-state index is 0.0953. The highest BCUT2D eigenvalue weighted by atomic mass is 16.2. The number of piperazine rings is 1. The minimum Gasteiger partial charge on any atom is -0.354 e. The Labute approximate surface area is 132 Å². The van der Waals surface area contributed by atoms with Crippen molar-refractivity contribution in [1.29, 1.82) is 0 Å². The summed E-state index contributed by atoms with van der Waals surface area (Å²) in [5, 5.41) is 0. The fourth-order valence-electron chi connectivity index (χ4n) is 3.19. The molecule has 0 bridgehead atoms. The molecule has 0 aliphatic carbocycles. The number of anilines is 1. The van der Waals surface area contributed by atoms with Gasteiger partial charge in [-0.05, 0) is 32.0 Å². The molecule has 0 saturated carbocycles. The SMILES string of the molecule is CN1CCN(c2cccc(C(=O)N3CCCCCC3)n2)CC1. The summed E-state index contributed by atoms with van der Waals surface area (Å²) >= 11 is 0. The highest BCUT2D eigenvalue weighted by Crippen LogP contribution is 2.16. The Morgan fingerprint density at radius 3 is 2.32 bits per heavy atom. The molecule has 120 valence electrons. The van der Waals surface area contributed by atoms with E-state index in [0.717, 1.165) is 57.9 Å². The van der Waals surface area contributed by atoms with E-state index in [2.05, 4.69) is 21.8 Å². The van der Waals surface area contributed by atoms with Crippen molar-refractivity contribution in [3.05, 3.63) is 23.9 Å². The van der Waals surface area contributed by atoms with Gasteiger partial charge in [0.05, 0.1) is 0 Å². The van der Waals surface area contributed by atoms with Crippen LogP contribution in [0.1, 0.15) is 36.2 Å². The summed E-state index contributed by atoms with van der Waals surface area (Å²) in [4.78, 5) is 23.9. The Morgan fingerprint density at radius 2 is 1.64 bits per heavy atom. The number of hydrogen-bond donors (Lipinski definition) is 0. The molecule has 5 heteroatoms. The van der Waals surface area contributed by atoms with Gasteiger partial charge in [-0.3, -0.25) is 4.79 Å². The average Bonchev–Trinajstić information content (AvgIpc) is 2.84. The smallest absolute Gasteiger partial charge is 0.272 e. The molecule has 0 spiro atoms. The Hall–Kier alpha value is -1.62. The second kappa shape index (κ2) is 7.09. The lowest BCUT2D eigenvalue weighted by atomic mass is 10.2. The Balaban J connectivity index is 1.71. The molecule has 0 N–H and O–H groups in total. The van der Waals surface area contributed by atoms with Crippen LogP contribution in [0.4, 0.5) is 5.82 Å². The molecular weight excluding hydrogens is 276 g/mol. The predicted octanol–water partition coefficient (Wildman–Crippen LogP) is 1.85. The molecule has 1 aromatic heterocycles. The number of nitrogens with zero attached hydrogens (tertiary/aromatic N) is 4. The average molecular weight is 302 g/mol. The van der Waals surface area contributed by atoms with Crippen LogP contribution < -0.4 is 4.90 Å². The van der Waals surface area contributed by atoms with Crippen molar-refractivity contribution in [1.82, 2.24) is 14.8 Å². The summed E-state index contributed by atoms with van der Waals surface area (Å²) in [6, 6.07) is 5.84. The van der Waals surface area contributed by atoms with Crippen molar-refractivity contribution >= 4 is 11.7 Å². The third-order valence-corrected chi connectivity index (χ3v) is 4.67. The first-order valence-corrected chi connectivity index (χ1v) is 8.44. The van der Waals surface area contributed by atoms with Gasteiger partial charge in [-0.2, -0.15) is 0 Å². The van der Waals surface area contributed by atoms with Crippen LogP contribution in [-0.4, -0.2) is 67.0 Å². The van der Waals surface area contributed by atoms with E-state index in [1.807, 2.05) is 23.1 Å². The maximum absolute atomic E-state index is 12.7. The fourth-order valence-corrected chi connectivity index (χ4v) is 3.19. The van der Waals surface area contributed by atoms with Crippen molar-refractivity contribution in [3.63, 3.8) is 0 Å². The number of hydrogen-bond acceptors (Lipinski definition) is 4. The van der Waals surface area contributed by atoms with E-state index in [4.69, 9.17) is 0 Å². The second-order valence-electron chi connectivity index (χ2n) is 6.38. The van der Waals surface area contributed by atoms with E-state index in [1.54, 1.807) is 0 Å². The number of aromatic nitrogens is 1. The van der Waals surface area contributed by atoms with Crippen LogP contribution in [0.2, 0.25) is 0 Å². The van der Waals surface area contributed by atoms with Gasteiger partial charge in [-0.15, -0.1) is 0 Å². The first-order valence-electron chi connectivity index (χ1n) is 8.44. The van der Waals surface area contributed by atoms with Crippen molar-refractivity contribution in [2.45, 2.75) is 25.7 Å². The molecule has 2 aliphatic heterocycles. The van der Waals surface area contributed by atoms with Crippen LogP contribution >= 0.6 is 0 Å². The summed E-state index contributed by atoms with van der Waals surface area (Å²) in [7, 11) is 2.14. The van der Waals surface area contributed by atoms with Crippen LogP contribution in [0.15, 0.2) is 18.2 Å². The Bertz CT molecular complexity index is 503. The van der Waals surface area contributed by atoms with E-state index in [0.29, 0.717) is 5.69 Å². The van der Waals surface area contributed by atoms with Crippen LogP contribution in [0.3, 0.4) is 0 Å².